The number of hydrogen-bond acceptors (Lipinski definition) is 2. The Labute approximate surface area is 231 Å². The highest BCUT2D eigenvalue weighted by Crippen LogP contribution is 2.49. The summed E-state index contributed by atoms with van der Waals surface area (Å²) in [4.78, 5) is 0. The first-order valence-corrected chi connectivity index (χ1v) is 14.3. The number of fused-ring (bicyclic) bond motifs is 6. The normalized spacial score (nSPS) is 13.8. The van der Waals surface area contributed by atoms with E-state index in [-0.39, 0.29) is 5.41 Å². The Morgan fingerprint density at radius 2 is 1.18 bits per heavy atom. The molecule has 2 heterocycles. The molecule has 8 rings (SSSR count). The zero-order chi connectivity index (χ0) is 26.1. The van der Waals surface area contributed by atoms with Crippen LogP contribution < -0.4 is 4.74 Å². The zero-order valence-electron chi connectivity index (χ0n) is 21.9. The van der Waals surface area contributed by atoms with Gasteiger partial charge in [-0.2, -0.15) is 0 Å². The minimum atomic E-state index is -0.114. The van der Waals surface area contributed by atoms with Crippen molar-refractivity contribution in [2.24, 2.45) is 0 Å². The molecule has 0 spiro atoms. The van der Waals surface area contributed by atoms with Crippen LogP contribution in [0.5, 0.6) is 11.5 Å². The van der Waals surface area contributed by atoms with Crippen LogP contribution >= 0.6 is 11.3 Å². The van der Waals surface area contributed by atoms with Gasteiger partial charge in [0.25, 0.3) is 0 Å². The molecule has 1 nitrogen and oxygen atoms in total. The molecule has 6 aromatic carbocycles. The molecule has 0 unspecified atom stereocenters. The van der Waals surface area contributed by atoms with E-state index in [1.165, 1.54) is 64.3 Å². The second-order valence-electron chi connectivity index (χ2n) is 10.9. The molecule has 39 heavy (non-hydrogen) atoms. The Morgan fingerprint density at radius 3 is 2.05 bits per heavy atom. The topological polar surface area (TPSA) is 9.23 Å². The Kier molecular flexibility index (Phi) is 4.80. The van der Waals surface area contributed by atoms with Crippen LogP contribution in [-0.2, 0) is 5.41 Å². The second kappa shape index (κ2) is 8.30. The maximum absolute atomic E-state index is 6.46. The lowest BCUT2D eigenvalue weighted by Crippen LogP contribution is -2.24. The summed E-state index contributed by atoms with van der Waals surface area (Å²) in [6.45, 7) is 4.57. The summed E-state index contributed by atoms with van der Waals surface area (Å²) in [5.41, 5.74) is 7.30. The first kappa shape index (κ1) is 22.6. The molecular formula is C37H26OS. The van der Waals surface area contributed by atoms with Crippen molar-refractivity contribution < 1.29 is 4.74 Å². The van der Waals surface area contributed by atoms with Crippen LogP contribution in [0.3, 0.4) is 0 Å². The fraction of sp³-hybridized carbons (Fsp3) is 0.0811. The van der Waals surface area contributed by atoms with Gasteiger partial charge in [0.05, 0.1) is 0 Å². The van der Waals surface area contributed by atoms with Gasteiger partial charge < -0.3 is 4.74 Å². The third kappa shape index (κ3) is 3.32. The summed E-state index contributed by atoms with van der Waals surface area (Å²) in [5, 5.41) is 5.19. The quantitative estimate of drug-likeness (QED) is 0.221. The van der Waals surface area contributed by atoms with Gasteiger partial charge in [-0.3, -0.25) is 0 Å². The second-order valence-corrected chi connectivity index (χ2v) is 12.0. The molecule has 1 aromatic heterocycles. The van der Waals surface area contributed by atoms with E-state index in [1.807, 2.05) is 17.4 Å². The standard InChI is InChI=1S/C37H26OS/c1-37(2)30-14-6-7-15-32(30)38-33-22-23(18-21-31(33)37)24-19-20-27(26-11-4-3-10-25(24)26)28-13-9-17-35-36(28)29-12-5-8-16-34(29)39-35/h3-22H,1-2H3. The summed E-state index contributed by atoms with van der Waals surface area (Å²) in [6, 6.07) is 44.0. The smallest absolute Gasteiger partial charge is 0.132 e. The average Bonchev–Trinajstić information content (AvgIpc) is 3.35. The van der Waals surface area contributed by atoms with E-state index in [2.05, 4.69) is 129 Å². The van der Waals surface area contributed by atoms with E-state index in [4.69, 9.17) is 4.74 Å². The van der Waals surface area contributed by atoms with Crippen molar-refractivity contribution in [2.45, 2.75) is 19.3 Å². The average molecular weight is 519 g/mol. The van der Waals surface area contributed by atoms with Crippen molar-refractivity contribution in [1.82, 2.24) is 0 Å². The van der Waals surface area contributed by atoms with E-state index in [0.29, 0.717) is 0 Å². The summed E-state index contributed by atoms with van der Waals surface area (Å²) in [6.07, 6.45) is 0. The van der Waals surface area contributed by atoms with Crippen LogP contribution in [0.2, 0.25) is 0 Å². The number of thiophene rings is 1. The van der Waals surface area contributed by atoms with Gasteiger partial charge in [-0.05, 0) is 57.3 Å². The fourth-order valence-electron chi connectivity index (χ4n) is 6.41. The molecule has 1 aliphatic rings. The van der Waals surface area contributed by atoms with E-state index in [0.717, 1.165) is 11.5 Å². The van der Waals surface area contributed by atoms with Crippen molar-refractivity contribution in [3.8, 4) is 33.8 Å². The third-order valence-electron chi connectivity index (χ3n) is 8.36. The molecule has 186 valence electrons. The summed E-state index contributed by atoms with van der Waals surface area (Å²) >= 11 is 1.87. The number of para-hydroxylation sites is 1. The van der Waals surface area contributed by atoms with Crippen molar-refractivity contribution in [3.05, 3.63) is 132 Å². The molecule has 7 aromatic rings. The van der Waals surface area contributed by atoms with Crippen LogP contribution in [0.25, 0.3) is 53.2 Å². The van der Waals surface area contributed by atoms with Gasteiger partial charge in [-0.25, -0.2) is 0 Å². The SMILES string of the molecule is CC1(C)c2ccccc2Oc2cc(-c3ccc(-c4cccc5sc6ccccc6c45)c4ccccc34)ccc21. The lowest BCUT2D eigenvalue weighted by molar-refractivity contribution is 0.418. The number of ether oxygens (including phenoxy) is 1. The van der Waals surface area contributed by atoms with Crippen molar-refractivity contribution in [3.63, 3.8) is 0 Å². The van der Waals surface area contributed by atoms with E-state index in [1.54, 1.807) is 0 Å². The molecule has 0 saturated heterocycles. The van der Waals surface area contributed by atoms with Crippen molar-refractivity contribution in [2.75, 3.05) is 0 Å². The monoisotopic (exact) mass is 518 g/mol. The van der Waals surface area contributed by atoms with Crippen molar-refractivity contribution >= 4 is 42.3 Å². The lowest BCUT2D eigenvalue weighted by atomic mass is 9.75. The number of hydrogen-bond donors (Lipinski definition) is 0. The molecule has 0 bridgehead atoms. The minimum absolute atomic E-state index is 0.114. The molecule has 2 heteroatoms. The predicted octanol–water partition coefficient (Wildman–Crippen LogP) is 11.0. The van der Waals surface area contributed by atoms with Crippen molar-refractivity contribution in [1.29, 1.82) is 0 Å². The molecule has 0 amide bonds. The molecular weight excluding hydrogens is 492 g/mol. The minimum Gasteiger partial charge on any atom is -0.457 e. The number of rotatable bonds is 2. The van der Waals surface area contributed by atoms with Gasteiger partial charge in [-0.15, -0.1) is 11.3 Å². The maximum Gasteiger partial charge on any atom is 0.132 e. The third-order valence-corrected chi connectivity index (χ3v) is 9.50. The van der Waals surface area contributed by atoms with E-state index >= 15 is 0 Å². The highest BCUT2D eigenvalue weighted by Gasteiger charge is 2.34. The van der Waals surface area contributed by atoms with Gasteiger partial charge in [-0.1, -0.05) is 111 Å². The van der Waals surface area contributed by atoms with Crippen LogP contribution in [0.4, 0.5) is 0 Å². The maximum atomic E-state index is 6.46. The summed E-state index contributed by atoms with van der Waals surface area (Å²) < 4.78 is 9.12. The first-order chi connectivity index (χ1) is 19.1. The highest BCUT2D eigenvalue weighted by molar-refractivity contribution is 7.25. The Balaban J connectivity index is 1.32. The van der Waals surface area contributed by atoms with Gasteiger partial charge >= 0.3 is 0 Å². The first-order valence-electron chi connectivity index (χ1n) is 13.4. The molecule has 0 aliphatic carbocycles. The molecule has 0 atom stereocenters. The van der Waals surface area contributed by atoms with Crippen LogP contribution in [0.15, 0.2) is 121 Å². The molecule has 1 aliphatic heterocycles. The van der Waals surface area contributed by atoms with E-state index in [9.17, 15) is 0 Å². The van der Waals surface area contributed by atoms with E-state index < -0.39 is 0 Å². The summed E-state index contributed by atoms with van der Waals surface area (Å²) in [5.74, 6) is 1.89. The van der Waals surface area contributed by atoms with Crippen LogP contribution in [-0.4, -0.2) is 0 Å². The van der Waals surface area contributed by atoms with Gasteiger partial charge in [0.2, 0.25) is 0 Å². The highest BCUT2D eigenvalue weighted by atomic mass is 32.1. The largest absolute Gasteiger partial charge is 0.457 e. The Bertz CT molecular complexity index is 2080. The predicted molar refractivity (Wildman–Crippen MR) is 166 cm³/mol. The Hall–Kier alpha value is -4.40. The van der Waals surface area contributed by atoms with Crippen LogP contribution in [0.1, 0.15) is 25.0 Å². The van der Waals surface area contributed by atoms with Gasteiger partial charge in [0.1, 0.15) is 11.5 Å². The van der Waals surface area contributed by atoms with Gasteiger partial charge in [0, 0.05) is 36.7 Å². The summed E-state index contributed by atoms with van der Waals surface area (Å²) in [7, 11) is 0. The fourth-order valence-corrected chi connectivity index (χ4v) is 7.54. The lowest BCUT2D eigenvalue weighted by Gasteiger charge is -2.34. The zero-order valence-corrected chi connectivity index (χ0v) is 22.7. The Morgan fingerprint density at radius 1 is 0.513 bits per heavy atom. The van der Waals surface area contributed by atoms with Crippen LogP contribution in [0, 0.1) is 0 Å². The molecule has 0 saturated carbocycles. The molecule has 0 fully saturated rings. The van der Waals surface area contributed by atoms with Gasteiger partial charge in [0.15, 0.2) is 0 Å². The molecule has 0 radical (unpaired) electrons. The molecule has 0 N–H and O–H groups in total. The number of benzene rings is 6.